The van der Waals surface area contributed by atoms with Crippen LogP contribution < -0.4 is 0 Å². The van der Waals surface area contributed by atoms with Crippen molar-refractivity contribution in [1.82, 2.24) is 4.90 Å². The second kappa shape index (κ2) is 10.1. The van der Waals surface area contributed by atoms with E-state index in [-0.39, 0.29) is 0 Å². The minimum atomic E-state index is 0.878. The molecule has 0 atom stereocenters. The molecule has 0 spiro atoms. The Hall–Kier alpha value is -0.0400. The normalized spacial score (nSPS) is 18.4. The maximum atomic E-state index is 2.66. The van der Waals surface area contributed by atoms with Crippen molar-refractivity contribution >= 4 is 0 Å². The SMILES string of the molecule is CC.CCC1CCN(CCCC(C)C)CC1. The van der Waals surface area contributed by atoms with E-state index in [1.165, 1.54) is 51.7 Å². The molecule has 1 heteroatoms. The van der Waals surface area contributed by atoms with Crippen LogP contribution in [-0.2, 0) is 0 Å². The topological polar surface area (TPSA) is 3.24 Å². The van der Waals surface area contributed by atoms with Crippen molar-refractivity contribution in [2.24, 2.45) is 11.8 Å². The molecule has 1 aliphatic heterocycles. The predicted octanol–water partition coefficient (Wildman–Crippen LogP) is 4.57. The molecule has 0 aromatic carbocycles. The van der Waals surface area contributed by atoms with Gasteiger partial charge in [0, 0.05) is 0 Å². The van der Waals surface area contributed by atoms with E-state index >= 15 is 0 Å². The highest BCUT2D eigenvalue weighted by Crippen LogP contribution is 2.20. The van der Waals surface area contributed by atoms with Crippen LogP contribution in [0.25, 0.3) is 0 Å². The molecule has 0 radical (unpaired) electrons. The molecule has 1 heterocycles. The van der Waals surface area contributed by atoms with Gasteiger partial charge in [0.2, 0.25) is 0 Å². The first-order chi connectivity index (χ1) is 7.72. The van der Waals surface area contributed by atoms with Gasteiger partial charge in [0.25, 0.3) is 0 Å². The number of nitrogens with zero attached hydrogens (tertiary/aromatic N) is 1. The van der Waals surface area contributed by atoms with Crippen molar-refractivity contribution in [3.8, 4) is 0 Å². The Morgan fingerprint density at radius 3 is 2.12 bits per heavy atom. The van der Waals surface area contributed by atoms with Crippen molar-refractivity contribution in [3.63, 3.8) is 0 Å². The predicted molar refractivity (Wildman–Crippen MR) is 74.9 cm³/mol. The molecule has 1 rings (SSSR count). The molecule has 1 saturated heterocycles. The van der Waals surface area contributed by atoms with E-state index in [1.807, 2.05) is 13.8 Å². The second-order valence-electron chi connectivity index (χ2n) is 5.23. The number of hydrogen-bond donors (Lipinski definition) is 0. The van der Waals surface area contributed by atoms with Crippen molar-refractivity contribution in [2.75, 3.05) is 19.6 Å². The molecule has 98 valence electrons. The van der Waals surface area contributed by atoms with E-state index in [1.54, 1.807) is 0 Å². The van der Waals surface area contributed by atoms with Crippen LogP contribution in [-0.4, -0.2) is 24.5 Å². The van der Waals surface area contributed by atoms with E-state index in [0.29, 0.717) is 0 Å². The van der Waals surface area contributed by atoms with Crippen LogP contribution in [0, 0.1) is 11.8 Å². The van der Waals surface area contributed by atoms with Crippen LogP contribution in [0.1, 0.15) is 66.7 Å². The number of likely N-dealkylation sites (tertiary alicyclic amines) is 1. The fourth-order valence-electron chi connectivity index (χ4n) is 2.34. The average Bonchev–Trinajstić information content (AvgIpc) is 2.32. The van der Waals surface area contributed by atoms with Crippen LogP contribution in [0.2, 0.25) is 0 Å². The van der Waals surface area contributed by atoms with Crippen molar-refractivity contribution < 1.29 is 0 Å². The quantitative estimate of drug-likeness (QED) is 0.665. The third-order valence-electron chi connectivity index (χ3n) is 3.54. The minimum Gasteiger partial charge on any atom is -0.303 e. The third-order valence-corrected chi connectivity index (χ3v) is 3.54. The largest absolute Gasteiger partial charge is 0.303 e. The van der Waals surface area contributed by atoms with E-state index in [9.17, 15) is 0 Å². The lowest BCUT2D eigenvalue weighted by atomic mass is 9.94. The summed E-state index contributed by atoms with van der Waals surface area (Å²) in [6.07, 6.45) is 7.07. The highest BCUT2D eigenvalue weighted by Gasteiger charge is 2.16. The molecule has 0 amide bonds. The van der Waals surface area contributed by atoms with Crippen LogP contribution in [0.3, 0.4) is 0 Å². The molecule has 0 unspecified atom stereocenters. The van der Waals surface area contributed by atoms with Gasteiger partial charge in [-0.05, 0) is 57.2 Å². The number of hydrogen-bond acceptors (Lipinski definition) is 1. The van der Waals surface area contributed by atoms with E-state index in [2.05, 4.69) is 25.7 Å². The van der Waals surface area contributed by atoms with Gasteiger partial charge in [0.05, 0.1) is 0 Å². The van der Waals surface area contributed by atoms with Gasteiger partial charge in [-0.3, -0.25) is 0 Å². The Kier molecular flexibility index (Phi) is 10.1. The number of rotatable bonds is 5. The van der Waals surface area contributed by atoms with Gasteiger partial charge in [0.15, 0.2) is 0 Å². The van der Waals surface area contributed by atoms with Gasteiger partial charge in [-0.15, -0.1) is 0 Å². The summed E-state index contributed by atoms with van der Waals surface area (Å²) < 4.78 is 0. The van der Waals surface area contributed by atoms with Crippen molar-refractivity contribution in [2.45, 2.75) is 66.7 Å². The Balaban J connectivity index is 0.00000106. The van der Waals surface area contributed by atoms with Crippen LogP contribution >= 0.6 is 0 Å². The summed E-state index contributed by atoms with van der Waals surface area (Å²) in [4.78, 5) is 2.66. The lowest BCUT2D eigenvalue weighted by Gasteiger charge is -2.31. The molecule has 0 aliphatic carbocycles. The fourth-order valence-corrected chi connectivity index (χ4v) is 2.34. The Labute approximate surface area is 104 Å². The molecule has 0 aromatic heterocycles. The molecular weight excluding hydrogens is 194 g/mol. The first kappa shape index (κ1) is 16.0. The summed E-state index contributed by atoms with van der Waals surface area (Å²) in [7, 11) is 0. The van der Waals surface area contributed by atoms with Gasteiger partial charge < -0.3 is 4.90 Å². The first-order valence-corrected chi connectivity index (χ1v) is 7.44. The minimum absolute atomic E-state index is 0.878. The summed E-state index contributed by atoms with van der Waals surface area (Å²) in [6, 6.07) is 0. The maximum Gasteiger partial charge on any atom is -0.00161 e. The van der Waals surface area contributed by atoms with E-state index in [4.69, 9.17) is 0 Å². The van der Waals surface area contributed by atoms with Gasteiger partial charge >= 0.3 is 0 Å². The first-order valence-electron chi connectivity index (χ1n) is 7.44. The standard InChI is InChI=1S/C13H27N.C2H6/c1-4-13-7-10-14(11-8-13)9-5-6-12(2)3;1-2/h12-13H,4-11H2,1-3H3;1-2H3. The molecule has 0 N–H and O–H groups in total. The molecule has 0 bridgehead atoms. The highest BCUT2D eigenvalue weighted by atomic mass is 15.1. The van der Waals surface area contributed by atoms with Gasteiger partial charge in [-0.1, -0.05) is 41.0 Å². The lowest BCUT2D eigenvalue weighted by Crippen LogP contribution is -2.34. The van der Waals surface area contributed by atoms with Crippen molar-refractivity contribution in [1.29, 1.82) is 0 Å². The molecule has 1 nitrogen and oxygen atoms in total. The van der Waals surface area contributed by atoms with E-state index < -0.39 is 0 Å². The summed E-state index contributed by atoms with van der Waals surface area (Å²) in [5.74, 6) is 1.90. The summed E-state index contributed by atoms with van der Waals surface area (Å²) in [5.41, 5.74) is 0. The zero-order valence-electron chi connectivity index (χ0n) is 12.3. The van der Waals surface area contributed by atoms with Gasteiger partial charge in [-0.25, -0.2) is 0 Å². The Bertz CT molecular complexity index is 134. The highest BCUT2D eigenvalue weighted by molar-refractivity contribution is 4.71. The lowest BCUT2D eigenvalue weighted by molar-refractivity contribution is 0.177. The van der Waals surface area contributed by atoms with Crippen LogP contribution in [0.15, 0.2) is 0 Å². The van der Waals surface area contributed by atoms with Crippen LogP contribution in [0.5, 0.6) is 0 Å². The molecule has 0 aromatic rings. The maximum absolute atomic E-state index is 2.66. The smallest absolute Gasteiger partial charge is 0.00161 e. The molecule has 1 aliphatic rings. The number of piperidine rings is 1. The van der Waals surface area contributed by atoms with Gasteiger partial charge in [-0.2, -0.15) is 0 Å². The van der Waals surface area contributed by atoms with Gasteiger partial charge in [0.1, 0.15) is 0 Å². The third kappa shape index (κ3) is 7.27. The monoisotopic (exact) mass is 227 g/mol. The Morgan fingerprint density at radius 1 is 1.12 bits per heavy atom. The zero-order valence-corrected chi connectivity index (χ0v) is 12.3. The summed E-state index contributed by atoms with van der Waals surface area (Å²) >= 11 is 0. The van der Waals surface area contributed by atoms with E-state index in [0.717, 1.165) is 11.8 Å². The molecule has 16 heavy (non-hydrogen) atoms. The summed E-state index contributed by atoms with van der Waals surface area (Å²) in [5, 5.41) is 0. The Morgan fingerprint density at radius 2 is 1.69 bits per heavy atom. The average molecular weight is 227 g/mol. The fraction of sp³-hybridized carbons (Fsp3) is 1.00. The zero-order chi connectivity index (χ0) is 12.4. The molecule has 0 saturated carbocycles. The molecule has 1 fully saturated rings. The second-order valence-corrected chi connectivity index (χ2v) is 5.23. The van der Waals surface area contributed by atoms with Crippen molar-refractivity contribution in [3.05, 3.63) is 0 Å². The molecular formula is C15H33N. The van der Waals surface area contributed by atoms with Crippen LogP contribution in [0.4, 0.5) is 0 Å². The summed E-state index contributed by atoms with van der Waals surface area (Å²) in [6.45, 7) is 15.0.